The van der Waals surface area contributed by atoms with E-state index in [9.17, 15) is 59.6 Å². The third-order valence-electron chi connectivity index (χ3n) is 9.80. The number of nitrogens with one attached hydrogen (secondary N) is 1. The fraction of sp³-hybridized carbons (Fsp3) is 0.891. The molecule has 9 unspecified atom stereocenters. The molecule has 3 heterocycles. The fourth-order valence-electron chi connectivity index (χ4n) is 5.34. The number of anilines is 1. The molecule has 0 spiro atoms. The van der Waals surface area contributed by atoms with E-state index in [0.717, 1.165) is 21.6 Å². The molecule has 2 aliphatic rings. The fourth-order valence-corrected chi connectivity index (χ4v) is 9.52. The third kappa shape index (κ3) is 53.5. The second-order valence-corrected chi connectivity index (χ2v) is 24.7. The first kappa shape index (κ1) is 103. The van der Waals surface area contributed by atoms with Gasteiger partial charge in [0.05, 0.1) is 31.1 Å². The minimum Gasteiger partial charge on any atom is -0.756 e. The largest absolute Gasteiger partial charge is 1.00 e. The number of thioether (sulfide) groups is 3. The number of hydrogen-bond acceptors (Lipinski definition) is 23. The predicted octanol–water partition coefficient (Wildman–Crippen LogP) is 3.10. The number of rotatable bonds is 27. The molecule has 11 atom stereocenters. The van der Waals surface area contributed by atoms with E-state index < -0.39 is 106 Å². The normalized spacial score (nSPS) is 21.1. The Morgan fingerprint density at radius 1 is 0.771 bits per heavy atom. The van der Waals surface area contributed by atoms with Crippen molar-refractivity contribution in [1.29, 1.82) is 0 Å². The molecule has 0 saturated carbocycles. The van der Waals surface area contributed by atoms with Gasteiger partial charge in [0.2, 0.25) is 11.7 Å². The van der Waals surface area contributed by atoms with Crippen molar-refractivity contribution in [1.82, 2.24) is 14.9 Å². The van der Waals surface area contributed by atoms with Gasteiger partial charge >= 0.3 is 64.8 Å². The van der Waals surface area contributed by atoms with E-state index in [1.54, 1.807) is 0 Å². The van der Waals surface area contributed by atoms with Gasteiger partial charge in [-0.1, -0.05) is 192 Å². The second kappa shape index (κ2) is 72.2. The van der Waals surface area contributed by atoms with Crippen LogP contribution >= 0.6 is 64.7 Å². The zero-order chi connectivity index (χ0) is 64.4. The maximum atomic E-state index is 12.8. The Morgan fingerprint density at radius 2 is 1.20 bits per heavy atom. The van der Waals surface area contributed by atoms with Crippen molar-refractivity contribution < 1.29 is 132 Å². The number of unbranched alkanes of at least 4 members (excludes halogenated alkanes) is 3. The molecule has 490 valence electrons. The van der Waals surface area contributed by atoms with Crippen LogP contribution in [0, 0.1) is 0 Å². The van der Waals surface area contributed by atoms with Crippen LogP contribution in [0.1, 0.15) is 202 Å². The average Bonchev–Trinajstić information content (AvgIpc) is 3.75. The first-order valence-corrected chi connectivity index (χ1v) is 36.8. The average molecular weight is 1330 g/mol. The molecule has 0 aliphatic carbocycles. The maximum Gasteiger partial charge on any atom is 1.00 e. The number of nitrogen functional groups attached to an aromatic ring is 1. The minimum atomic E-state index is -5.83. The molecule has 0 bridgehead atoms. The van der Waals surface area contributed by atoms with Crippen molar-refractivity contribution in [2.75, 3.05) is 65.0 Å². The summed E-state index contributed by atoms with van der Waals surface area (Å²) >= 11 is 6.02. The summed E-state index contributed by atoms with van der Waals surface area (Å²) in [5, 5.41) is 75.9. The van der Waals surface area contributed by atoms with Crippen LogP contribution in [-0.2, 0) is 32.7 Å². The number of nitrogens with two attached hydrogens (primary N) is 1. The van der Waals surface area contributed by atoms with E-state index in [-0.39, 0.29) is 70.7 Å². The van der Waals surface area contributed by atoms with Crippen LogP contribution < -0.4 is 85.9 Å². The zero-order valence-electron chi connectivity index (χ0n) is 55.2. The van der Waals surface area contributed by atoms with Gasteiger partial charge in [-0.05, 0) is 59.8 Å². The molecular formula is C55H117N4Na2O16PS5. The Morgan fingerprint density at radius 3 is 1.54 bits per heavy atom. The summed E-state index contributed by atoms with van der Waals surface area (Å²) in [7, 11) is -3.36. The van der Waals surface area contributed by atoms with E-state index in [2.05, 4.69) is 102 Å². The number of aliphatic carboxylic acids is 1. The van der Waals surface area contributed by atoms with E-state index in [4.69, 9.17) is 15.2 Å². The number of amides is 1. The van der Waals surface area contributed by atoms with Crippen LogP contribution in [0.15, 0.2) is 17.1 Å². The quantitative estimate of drug-likeness (QED) is 0.0272. The Bertz CT molecular complexity index is 1590. The molecule has 28 heteroatoms. The Kier molecular flexibility index (Phi) is 89.7. The first-order valence-electron chi connectivity index (χ1n) is 29.4. The number of carboxylic acids is 1. The number of aliphatic hydroxyl groups excluding tert-OH is 6. The van der Waals surface area contributed by atoms with Gasteiger partial charge in [-0.15, -0.1) is 0 Å². The van der Waals surface area contributed by atoms with E-state index in [1.165, 1.54) is 109 Å². The Labute approximate surface area is 568 Å². The number of hydrogen-bond donors (Lipinski definition) is 8. The standard InChI is InChI=1S/C22H35N4O16PS2.3C5H12S.3C4H10.3C2H6.2Na/c1-2-44-45-8-13(30)25-14-9(28)5-22(20(34)35,41-18(14)15(31)10(29)6-27)42-43(37,38)39-7-11-16(32)17(33)19(40-11)26-4-3-12(23)24-21(26)36;3*1-3-5-6-4-2;3*1-3-4-2;3*1-2;;/h3-4,9-11,14-19,27-29,31-33H,2,5-8H2,1H3,(H,25,30)(H,34,35)(H,37,38)(H2,23,24,36);3*3-5H2,1-2H3;3*3-4H2,1-2H3;3*1-2H3;;/q;;;;;;;;;;2*+1/p-2/t9?,10-,11?,14?,15-,16?,17?,18?,19?,22?;;;;;;;;;;;/m1.........../s1. The van der Waals surface area contributed by atoms with Crippen LogP contribution in [-0.4, -0.2) is 166 Å². The summed E-state index contributed by atoms with van der Waals surface area (Å²) < 4.78 is 33.5. The van der Waals surface area contributed by atoms with Crippen molar-refractivity contribution >= 4 is 82.4 Å². The van der Waals surface area contributed by atoms with Gasteiger partial charge in [0, 0.05) is 18.4 Å². The molecule has 20 nitrogen and oxygen atoms in total. The van der Waals surface area contributed by atoms with Crippen LogP contribution in [0.25, 0.3) is 0 Å². The summed E-state index contributed by atoms with van der Waals surface area (Å²) in [5.74, 6) is 1.70. The number of aromatic nitrogens is 2. The monoisotopic (exact) mass is 1330 g/mol. The van der Waals surface area contributed by atoms with E-state index in [0.29, 0.717) is 5.75 Å². The Balaban J connectivity index is -0.000000167. The summed E-state index contributed by atoms with van der Waals surface area (Å²) in [6, 6.07) is -0.439. The molecule has 2 fully saturated rings. The number of aliphatic hydroxyl groups is 6. The van der Waals surface area contributed by atoms with Crippen molar-refractivity contribution in [2.24, 2.45) is 0 Å². The summed E-state index contributed by atoms with van der Waals surface area (Å²) in [4.78, 5) is 53.0. The zero-order valence-corrected chi connectivity index (χ0v) is 64.2. The number of carboxylic acid groups (broad SMARTS) is 1. The smallest absolute Gasteiger partial charge is 0.756 e. The van der Waals surface area contributed by atoms with E-state index in [1.807, 2.05) is 83.8 Å². The van der Waals surface area contributed by atoms with Crippen molar-refractivity contribution in [3.63, 3.8) is 0 Å². The van der Waals surface area contributed by atoms with Crippen molar-refractivity contribution in [2.45, 2.75) is 257 Å². The molecule has 83 heavy (non-hydrogen) atoms. The van der Waals surface area contributed by atoms with Crippen LogP contribution in [0.4, 0.5) is 5.82 Å². The summed E-state index contributed by atoms with van der Waals surface area (Å²) in [6.07, 6.45) is -3.32. The predicted molar refractivity (Wildman–Crippen MR) is 344 cm³/mol. The van der Waals surface area contributed by atoms with Crippen LogP contribution in [0.2, 0.25) is 0 Å². The van der Waals surface area contributed by atoms with Gasteiger partial charge in [-0.2, -0.15) is 40.3 Å². The van der Waals surface area contributed by atoms with Crippen molar-refractivity contribution in [3.8, 4) is 0 Å². The number of phosphoric acid groups is 1. The number of phosphoric ester groups is 1. The van der Waals surface area contributed by atoms with Gasteiger partial charge in [-0.25, -0.2) is 4.79 Å². The minimum absolute atomic E-state index is 0. The second-order valence-electron chi connectivity index (χ2n) is 16.4. The number of nitrogens with zero attached hydrogens (tertiary/aromatic N) is 2. The summed E-state index contributed by atoms with van der Waals surface area (Å²) in [6.45, 7) is 38.0. The third-order valence-corrected chi connectivity index (χ3v) is 16.4. The first-order chi connectivity index (χ1) is 38.5. The van der Waals surface area contributed by atoms with Gasteiger partial charge < -0.3 is 70.5 Å². The van der Waals surface area contributed by atoms with Crippen LogP contribution in [0.3, 0.4) is 0 Å². The molecule has 1 aromatic heterocycles. The molecule has 2 aliphatic heterocycles. The number of ether oxygens (including phenoxy) is 2. The molecule has 3 rings (SSSR count). The van der Waals surface area contributed by atoms with Gasteiger partial charge in [0.1, 0.15) is 48.4 Å². The Hall–Kier alpha value is 1.16. The molecule has 0 aromatic carbocycles. The summed E-state index contributed by atoms with van der Waals surface area (Å²) in [5.41, 5.74) is 4.45. The SMILES string of the molecule is CC.CC.CC.CCCC.CCCC.CCCC.CCCSCC.CCCSCC.CCCSCC.CCSSCC(=O)NC1C(O)CC(OP(=O)([O-])OCC2OC(n3ccc(N)nc3=O)C(O)C2O)(C(=O)[O-])OC1[C@H](O)[C@H](O)CO.[Na+].[Na+]. The molecule has 1 amide bonds. The van der Waals surface area contributed by atoms with Gasteiger partial charge in [0.25, 0.3) is 7.82 Å². The molecule has 9 N–H and O–H groups in total. The van der Waals surface area contributed by atoms with Crippen LogP contribution in [0.5, 0.6) is 0 Å². The number of carbonyl (C=O) groups excluding carboxylic acids is 2. The van der Waals surface area contributed by atoms with Crippen molar-refractivity contribution in [3.05, 3.63) is 22.7 Å². The molecular weight excluding hydrogens is 1210 g/mol. The number of carbonyl (C=O) groups is 2. The topological polar surface area (TPSA) is 329 Å². The van der Waals surface area contributed by atoms with Gasteiger partial charge in [0.15, 0.2) is 6.23 Å². The van der Waals surface area contributed by atoms with E-state index >= 15 is 0 Å². The maximum absolute atomic E-state index is 12.8. The molecule has 0 radical (unpaired) electrons. The molecule has 1 aromatic rings. The molecule has 2 saturated heterocycles. The van der Waals surface area contributed by atoms with Gasteiger partial charge in [-0.3, -0.25) is 18.5 Å².